The van der Waals surface area contributed by atoms with Gasteiger partial charge in [-0.05, 0) is 12.5 Å². The van der Waals surface area contributed by atoms with Gasteiger partial charge in [0.15, 0.2) is 6.10 Å². The van der Waals surface area contributed by atoms with E-state index in [-0.39, 0.29) is 6.54 Å². The maximum absolute atomic E-state index is 11.1. The van der Waals surface area contributed by atoms with E-state index < -0.39 is 12.0 Å². The summed E-state index contributed by atoms with van der Waals surface area (Å²) in [5, 5.41) is 11.9. The van der Waals surface area contributed by atoms with E-state index >= 15 is 0 Å². The number of carbonyl (C=O) groups excluding carboxylic acids is 1. The fraction of sp³-hybridized carbons (Fsp3) is 0.200. The van der Waals surface area contributed by atoms with Crippen LogP contribution in [-0.4, -0.2) is 17.6 Å². The molecule has 1 aromatic carbocycles. The SMILES string of the molecule is [CH2]CNC(=O)C(O)c1ccccc1. The smallest absolute Gasteiger partial charge is 0.253 e. The van der Waals surface area contributed by atoms with E-state index in [4.69, 9.17) is 0 Å². The van der Waals surface area contributed by atoms with Gasteiger partial charge in [0, 0.05) is 6.54 Å². The summed E-state index contributed by atoms with van der Waals surface area (Å²) in [5.74, 6) is -0.416. The first kappa shape index (κ1) is 9.74. The Hall–Kier alpha value is -1.35. The van der Waals surface area contributed by atoms with Crippen molar-refractivity contribution in [2.24, 2.45) is 0 Å². The lowest BCUT2D eigenvalue weighted by molar-refractivity contribution is -0.129. The van der Waals surface area contributed by atoms with Gasteiger partial charge in [-0.15, -0.1) is 0 Å². The van der Waals surface area contributed by atoms with Gasteiger partial charge in [0.05, 0.1) is 0 Å². The van der Waals surface area contributed by atoms with Gasteiger partial charge in [0.2, 0.25) is 0 Å². The quantitative estimate of drug-likeness (QED) is 0.714. The maximum Gasteiger partial charge on any atom is 0.253 e. The molecule has 1 rings (SSSR count). The van der Waals surface area contributed by atoms with Crippen LogP contribution in [0.15, 0.2) is 30.3 Å². The molecule has 0 aliphatic heterocycles. The van der Waals surface area contributed by atoms with Crippen molar-refractivity contribution < 1.29 is 9.90 Å². The molecule has 13 heavy (non-hydrogen) atoms. The lowest BCUT2D eigenvalue weighted by Crippen LogP contribution is -2.28. The number of benzene rings is 1. The number of hydrogen-bond donors (Lipinski definition) is 2. The van der Waals surface area contributed by atoms with E-state index in [0.29, 0.717) is 5.56 Å². The number of rotatable bonds is 3. The normalized spacial score (nSPS) is 12.2. The molecule has 0 spiro atoms. The zero-order chi connectivity index (χ0) is 9.68. The summed E-state index contributed by atoms with van der Waals surface area (Å²) >= 11 is 0. The van der Waals surface area contributed by atoms with Crippen LogP contribution < -0.4 is 5.32 Å². The van der Waals surface area contributed by atoms with Crippen LogP contribution in [0.1, 0.15) is 11.7 Å². The van der Waals surface area contributed by atoms with Gasteiger partial charge in [-0.2, -0.15) is 0 Å². The van der Waals surface area contributed by atoms with Gasteiger partial charge in [0.25, 0.3) is 5.91 Å². The summed E-state index contributed by atoms with van der Waals surface area (Å²) in [6.07, 6.45) is -1.09. The van der Waals surface area contributed by atoms with Crippen LogP contribution in [0.5, 0.6) is 0 Å². The predicted octanol–water partition coefficient (Wildman–Crippen LogP) is 0.670. The number of carbonyl (C=O) groups is 1. The largest absolute Gasteiger partial charge is 0.378 e. The second-order valence-corrected chi connectivity index (χ2v) is 2.60. The summed E-state index contributed by atoms with van der Waals surface area (Å²) in [6, 6.07) is 8.78. The molecule has 0 aliphatic carbocycles. The lowest BCUT2D eigenvalue weighted by atomic mass is 10.1. The molecule has 0 fully saturated rings. The molecule has 0 saturated heterocycles. The first-order valence-electron chi connectivity index (χ1n) is 4.05. The molecule has 0 bridgehead atoms. The first-order valence-corrected chi connectivity index (χ1v) is 4.05. The number of aliphatic hydroxyl groups excluding tert-OH is 1. The molecule has 0 saturated carbocycles. The Morgan fingerprint density at radius 2 is 2.08 bits per heavy atom. The van der Waals surface area contributed by atoms with Crippen molar-refractivity contribution in [3.8, 4) is 0 Å². The van der Waals surface area contributed by atoms with Crippen LogP contribution in [0.4, 0.5) is 0 Å². The average Bonchev–Trinajstić information content (AvgIpc) is 2.18. The highest BCUT2D eigenvalue weighted by Crippen LogP contribution is 2.11. The summed E-state index contributed by atoms with van der Waals surface area (Å²) < 4.78 is 0. The molecule has 0 aliphatic rings. The van der Waals surface area contributed by atoms with E-state index in [2.05, 4.69) is 12.2 Å². The molecular weight excluding hydrogens is 166 g/mol. The molecule has 0 heterocycles. The van der Waals surface area contributed by atoms with Gasteiger partial charge in [0.1, 0.15) is 0 Å². The van der Waals surface area contributed by atoms with Crippen molar-refractivity contribution in [1.82, 2.24) is 5.32 Å². The zero-order valence-corrected chi connectivity index (χ0v) is 7.23. The molecule has 2 N–H and O–H groups in total. The molecule has 3 nitrogen and oxygen atoms in total. The second-order valence-electron chi connectivity index (χ2n) is 2.60. The molecule has 3 heteroatoms. The number of nitrogens with one attached hydrogen (secondary N) is 1. The van der Waals surface area contributed by atoms with E-state index in [0.717, 1.165) is 0 Å². The van der Waals surface area contributed by atoms with Crippen LogP contribution in [0.2, 0.25) is 0 Å². The number of hydrogen-bond acceptors (Lipinski definition) is 2. The van der Waals surface area contributed by atoms with Crippen LogP contribution >= 0.6 is 0 Å². The highest BCUT2D eigenvalue weighted by atomic mass is 16.3. The Bertz CT molecular complexity index is 272. The van der Waals surface area contributed by atoms with Gasteiger partial charge in [-0.3, -0.25) is 4.79 Å². The van der Waals surface area contributed by atoms with E-state index in [1.807, 2.05) is 6.07 Å². The van der Waals surface area contributed by atoms with Gasteiger partial charge in [-0.25, -0.2) is 0 Å². The van der Waals surface area contributed by atoms with Crippen molar-refractivity contribution in [1.29, 1.82) is 0 Å². The van der Waals surface area contributed by atoms with Crippen molar-refractivity contribution in [2.75, 3.05) is 6.54 Å². The molecule has 0 aromatic heterocycles. The standard InChI is InChI=1S/C10H12NO2/c1-2-11-10(13)9(12)8-6-4-3-5-7-8/h3-7,9,12H,1-2H2,(H,11,13). The maximum atomic E-state index is 11.1. The zero-order valence-electron chi connectivity index (χ0n) is 7.23. The minimum absolute atomic E-state index is 0.280. The average molecular weight is 178 g/mol. The molecule has 1 aromatic rings. The van der Waals surface area contributed by atoms with Crippen LogP contribution in [0.25, 0.3) is 0 Å². The monoisotopic (exact) mass is 178 g/mol. The summed E-state index contributed by atoms with van der Waals surface area (Å²) in [6.45, 7) is 3.74. The van der Waals surface area contributed by atoms with Crippen LogP contribution in [0, 0.1) is 6.92 Å². The number of aliphatic hydroxyl groups is 1. The van der Waals surface area contributed by atoms with Crippen molar-refractivity contribution in [3.05, 3.63) is 42.8 Å². The molecule has 1 atom stereocenters. The van der Waals surface area contributed by atoms with Crippen LogP contribution in [-0.2, 0) is 4.79 Å². The third-order valence-electron chi connectivity index (χ3n) is 1.66. The summed E-state index contributed by atoms with van der Waals surface area (Å²) in [4.78, 5) is 11.1. The molecule has 1 unspecified atom stereocenters. The van der Waals surface area contributed by atoms with Gasteiger partial charge in [-0.1, -0.05) is 30.3 Å². The molecular formula is C10H12NO2. The minimum atomic E-state index is -1.09. The Morgan fingerprint density at radius 1 is 1.46 bits per heavy atom. The fourth-order valence-electron chi connectivity index (χ4n) is 1.01. The first-order chi connectivity index (χ1) is 6.25. The van der Waals surface area contributed by atoms with Crippen molar-refractivity contribution in [3.63, 3.8) is 0 Å². The third-order valence-corrected chi connectivity index (χ3v) is 1.66. The minimum Gasteiger partial charge on any atom is -0.378 e. The van der Waals surface area contributed by atoms with Gasteiger partial charge >= 0.3 is 0 Å². The van der Waals surface area contributed by atoms with Gasteiger partial charge < -0.3 is 10.4 Å². The second kappa shape index (κ2) is 4.62. The molecule has 1 amide bonds. The van der Waals surface area contributed by atoms with E-state index in [1.165, 1.54) is 0 Å². The molecule has 69 valence electrons. The highest BCUT2D eigenvalue weighted by Gasteiger charge is 2.14. The topological polar surface area (TPSA) is 49.3 Å². The highest BCUT2D eigenvalue weighted by molar-refractivity contribution is 5.81. The third kappa shape index (κ3) is 2.56. The Kier molecular flexibility index (Phi) is 3.46. The number of amides is 1. The van der Waals surface area contributed by atoms with Crippen molar-refractivity contribution >= 4 is 5.91 Å². The fourth-order valence-corrected chi connectivity index (χ4v) is 1.01. The molecule has 1 radical (unpaired) electrons. The Balaban J connectivity index is 2.68. The predicted molar refractivity (Wildman–Crippen MR) is 49.8 cm³/mol. The Labute approximate surface area is 77.4 Å². The summed E-state index contributed by atoms with van der Waals surface area (Å²) in [7, 11) is 0. The summed E-state index contributed by atoms with van der Waals surface area (Å²) in [5.41, 5.74) is 0.591. The Morgan fingerprint density at radius 3 is 2.62 bits per heavy atom. The van der Waals surface area contributed by atoms with Crippen LogP contribution in [0.3, 0.4) is 0 Å². The van der Waals surface area contributed by atoms with E-state index in [9.17, 15) is 9.90 Å². The lowest BCUT2D eigenvalue weighted by Gasteiger charge is -2.09. The van der Waals surface area contributed by atoms with Crippen molar-refractivity contribution in [2.45, 2.75) is 6.10 Å². The van der Waals surface area contributed by atoms with E-state index in [1.54, 1.807) is 24.3 Å².